The Morgan fingerprint density at radius 2 is 1.56 bits per heavy atom. The Labute approximate surface area is 184 Å². The SMILES string of the molecule is NC(=O)N1CCc2ccccc2C1(c1ccc(C(F)(F)F)cc1)[C@@H]1CCc2ccccc21. The second kappa shape index (κ2) is 7.40. The molecule has 2 N–H and O–H groups in total. The molecular formula is C26H23F3N2O. The van der Waals surface area contributed by atoms with Crippen LogP contribution >= 0.6 is 0 Å². The minimum absolute atomic E-state index is 0.121. The van der Waals surface area contributed by atoms with Crippen LogP contribution in [0.1, 0.15) is 45.7 Å². The highest BCUT2D eigenvalue weighted by Gasteiger charge is 2.53. The summed E-state index contributed by atoms with van der Waals surface area (Å²) in [5, 5.41) is 0. The molecule has 2 atom stereocenters. The minimum Gasteiger partial charge on any atom is -0.351 e. The maximum Gasteiger partial charge on any atom is 0.416 e. The van der Waals surface area contributed by atoms with Crippen LogP contribution < -0.4 is 5.73 Å². The van der Waals surface area contributed by atoms with E-state index in [2.05, 4.69) is 12.1 Å². The molecule has 2 amide bonds. The van der Waals surface area contributed by atoms with E-state index in [1.165, 1.54) is 17.7 Å². The van der Waals surface area contributed by atoms with Gasteiger partial charge in [0.1, 0.15) is 5.54 Å². The minimum atomic E-state index is -4.43. The smallest absolute Gasteiger partial charge is 0.351 e. The number of urea groups is 1. The van der Waals surface area contributed by atoms with Crippen LogP contribution in [0.3, 0.4) is 0 Å². The average molecular weight is 436 g/mol. The molecule has 0 saturated carbocycles. The van der Waals surface area contributed by atoms with Gasteiger partial charge in [0.2, 0.25) is 0 Å². The summed E-state index contributed by atoms with van der Waals surface area (Å²) in [5.41, 5.74) is 9.25. The van der Waals surface area contributed by atoms with E-state index in [0.29, 0.717) is 18.5 Å². The number of rotatable bonds is 2. The van der Waals surface area contributed by atoms with Gasteiger partial charge in [-0.1, -0.05) is 60.7 Å². The lowest BCUT2D eigenvalue weighted by Gasteiger charge is -2.52. The zero-order chi connectivity index (χ0) is 22.5. The second-order valence-corrected chi connectivity index (χ2v) is 8.53. The number of amides is 2. The number of aryl methyl sites for hydroxylation is 1. The third-order valence-electron chi connectivity index (χ3n) is 7.01. The third kappa shape index (κ3) is 3.00. The van der Waals surface area contributed by atoms with E-state index in [1.807, 2.05) is 36.4 Å². The number of alkyl halides is 3. The van der Waals surface area contributed by atoms with E-state index in [1.54, 1.807) is 4.90 Å². The Kier molecular flexibility index (Phi) is 4.77. The van der Waals surface area contributed by atoms with Gasteiger partial charge in [-0.3, -0.25) is 0 Å². The first kappa shape index (κ1) is 20.6. The number of benzene rings is 3. The van der Waals surface area contributed by atoms with E-state index in [0.717, 1.165) is 41.7 Å². The third-order valence-corrected chi connectivity index (χ3v) is 7.01. The van der Waals surface area contributed by atoms with Gasteiger partial charge in [-0.2, -0.15) is 13.2 Å². The van der Waals surface area contributed by atoms with E-state index >= 15 is 0 Å². The zero-order valence-corrected chi connectivity index (χ0v) is 17.4. The van der Waals surface area contributed by atoms with E-state index in [-0.39, 0.29) is 5.92 Å². The fourth-order valence-electron chi connectivity index (χ4n) is 5.74. The highest BCUT2D eigenvalue weighted by atomic mass is 19.4. The van der Waals surface area contributed by atoms with E-state index in [9.17, 15) is 18.0 Å². The number of hydrogen-bond donors (Lipinski definition) is 1. The largest absolute Gasteiger partial charge is 0.416 e. The Balaban J connectivity index is 1.81. The lowest BCUT2D eigenvalue weighted by atomic mass is 9.66. The number of hydrogen-bond acceptors (Lipinski definition) is 1. The molecule has 32 heavy (non-hydrogen) atoms. The normalized spacial score (nSPS) is 22.3. The predicted octanol–water partition coefficient (Wildman–Crippen LogP) is 5.62. The number of carbonyl (C=O) groups excluding carboxylic acids is 1. The van der Waals surface area contributed by atoms with Crippen molar-refractivity contribution in [1.82, 2.24) is 4.90 Å². The molecule has 1 unspecified atom stereocenters. The Bertz CT molecular complexity index is 1170. The first-order valence-corrected chi connectivity index (χ1v) is 10.7. The van der Waals surface area contributed by atoms with Gasteiger partial charge in [0.15, 0.2) is 0 Å². The number of primary amides is 1. The maximum atomic E-state index is 13.3. The fourth-order valence-corrected chi connectivity index (χ4v) is 5.74. The van der Waals surface area contributed by atoms with Crippen molar-refractivity contribution in [3.8, 4) is 0 Å². The van der Waals surface area contributed by atoms with Crippen LogP contribution in [-0.2, 0) is 24.6 Å². The van der Waals surface area contributed by atoms with Crippen LogP contribution in [0, 0.1) is 0 Å². The van der Waals surface area contributed by atoms with Gasteiger partial charge >= 0.3 is 12.2 Å². The standard InChI is InChI=1S/C26H23F3N2O/c27-26(28,29)20-12-10-19(11-13-20)25(23-14-9-17-5-1-3-7-21(17)23)22-8-4-2-6-18(22)15-16-31(25)24(30)32/h1-8,10-13,23H,9,14-16H2,(H2,30,32)/t23-,25?/m1/s1. The summed E-state index contributed by atoms with van der Waals surface area (Å²) in [7, 11) is 0. The van der Waals surface area contributed by atoms with Crippen LogP contribution in [0.25, 0.3) is 0 Å². The number of carbonyl (C=O) groups is 1. The Hall–Kier alpha value is -3.28. The van der Waals surface area contributed by atoms with E-state index < -0.39 is 23.3 Å². The van der Waals surface area contributed by atoms with Crippen LogP contribution in [0.2, 0.25) is 0 Å². The van der Waals surface area contributed by atoms with Gasteiger partial charge in [0.25, 0.3) is 0 Å². The molecule has 0 bridgehead atoms. The van der Waals surface area contributed by atoms with Crippen LogP contribution in [0.5, 0.6) is 0 Å². The Morgan fingerprint density at radius 3 is 2.25 bits per heavy atom. The lowest BCUT2D eigenvalue weighted by Crippen LogP contribution is -2.58. The monoisotopic (exact) mass is 436 g/mol. The summed E-state index contributed by atoms with van der Waals surface area (Å²) in [6.07, 6.45) is -2.16. The summed E-state index contributed by atoms with van der Waals surface area (Å²) < 4.78 is 39.9. The Morgan fingerprint density at radius 1 is 0.906 bits per heavy atom. The maximum absolute atomic E-state index is 13.3. The van der Waals surface area contributed by atoms with Crippen molar-refractivity contribution in [2.75, 3.05) is 6.54 Å². The second-order valence-electron chi connectivity index (χ2n) is 8.53. The topological polar surface area (TPSA) is 46.3 Å². The predicted molar refractivity (Wildman–Crippen MR) is 116 cm³/mol. The lowest BCUT2D eigenvalue weighted by molar-refractivity contribution is -0.137. The summed E-state index contributed by atoms with van der Waals surface area (Å²) in [6.45, 7) is 0.409. The molecule has 1 aliphatic heterocycles. The number of halogens is 3. The van der Waals surface area contributed by atoms with Crippen LogP contribution in [0.15, 0.2) is 72.8 Å². The molecule has 0 spiro atoms. The van der Waals surface area contributed by atoms with Crippen LogP contribution in [-0.4, -0.2) is 17.5 Å². The highest BCUT2D eigenvalue weighted by molar-refractivity contribution is 5.76. The van der Waals surface area contributed by atoms with Gasteiger partial charge in [0.05, 0.1) is 5.56 Å². The molecule has 1 heterocycles. The number of nitrogens with two attached hydrogens (primary N) is 1. The van der Waals surface area contributed by atoms with Crippen molar-refractivity contribution >= 4 is 6.03 Å². The fraction of sp³-hybridized carbons (Fsp3) is 0.269. The van der Waals surface area contributed by atoms with Crippen molar-refractivity contribution < 1.29 is 18.0 Å². The number of nitrogens with zero attached hydrogens (tertiary/aromatic N) is 1. The van der Waals surface area contributed by atoms with Crippen molar-refractivity contribution in [1.29, 1.82) is 0 Å². The van der Waals surface area contributed by atoms with Gasteiger partial charge in [-0.25, -0.2) is 4.79 Å². The van der Waals surface area contributed by atoms with Crippen molar-refractivity contribution in [2.24, 2.45) is 5.73 Å². The molecule has 2 aliphatic rings. The molecule has 164 valence electrons. The van der Waals surface area contributed by atoms with Crippen molar-refractivity contribution in [2.45, 2.75) is 36.9 Å². The molecular weight excluding hydrogens is 413 g/mol. The molecule has 0 saturated heterocycles. The van der Waals surface area contributed by atoms with E-state index in [4.69, 9.17) is 5.73 Å². The molecule has 3 aromatic carbocycles. The van der Waals surface area contributed by atoms with Gasteiger partial charge in [-0.05, 0) is 59.2 Å². The summed E-state index contributed by atoms with van der Waals surface area (Å²) >= 11 is 0. The highest BCUT2D eigenvalue weighted by Crippen LogP contribution is 2.55. The summed E-state index contributed by atoms with van der Waals surface area (Å²) in [6, 6.07) is 20.7. The molecule has 0 radical (unpaired) electrons. The summed E-state index contributed by atoms with van der Waals surface area (Å²) in [5.74, 6) is -0.121. The molecule has 0 aromatic heterocycles. The molecule has 3 nitrogen and oxygen atoms in total. The summed E-state index contributed by atoms with van der Waals surface area (Å²) in [4.78, 5) is 14.5. The van der Waals surface area contributed by atoms with Crippen molar-refractivity contribution in [3.63, 3.8) is 0 Å². The molecule has 0 fully saturated rings. The van der Waals surface area contributed by atoms with Gasteiger partial charge < -0.3 is 10.6 Å². The first-order valence-electron chi connectivity index (χ1n) is 10.7. The molecule has 3 aromatic rings. The number of fused-ring (bicyclic) bond motifs is 2. The molecule has 6 heteroatoms. The van der Waals surface area contributed by atoms with Gasteiger partial charge in [0, 0.05) is 12.5 Å². The van der Waals surface area contributed by atoms with Crippen molar-refractivity contribution in [3.05, 3.63) is 106 Å². The molecule has 1 aliphatic carbocycles. The quantitative estimate of drug-likeness (QED) is 0.557. The zero-order valence-electron chi connectivity index (χ0n) is 17.4. The van der Waals surface area contributed by atoms with Gasteiger partial charge in [-0.15, -0.1) is 0 Å². The van der Waals surface area contributed by atoms with Crippen LogP contribution in [0.4, 0.5) is 18.0 Å². The average Bonchev–Trinajstić information content (AvgIpc) is 3.22. The first-order chi connectivity index (χ1) is 15.3. The molecule has 5 rings (SSSR count).